The van der Waals surface area contributed by atoms with Crippen LogP contribution in [0.3, 0.4) is 0 Å². The fourth-order valence-electron chi connectivity index (χ4n) is 1.41. The highest BCUT2D eigenvalue weighted by Gasteiger charge is 2.20. The third kappa shape index (κ3) is 2.88. The van der Waals surface area contributed by atoms with Gasteiger partial charge in [-0.1, -0.05) is 0 Å². The van der Waals surface area contributed by atoms with Crippen LogP contribution in [0.1, 0.15) is 0 Å². The topological polar surface area (TPSA) is 79.0 Å². The molecule has 0 aliphatic carbocycles. The van der Waals surface area contributed by atoms with Crippen LogP contribution in [0.15, 0.2) is 44.8 Å². The smallest absolute Gasteiger partial charge is 0.267 e. The Morgan fingerprint density at radius 2 is 1.90 bits per heavy atom. The zero-order chi connectivity index (χ0) is 14.9. The molecule has 0 unspecified atom stereocenters. The molecule has 0 fully saturated rings. The van der Waals surface area contributed by atoms with Gasteiger partial charge in [-0.05, 0) is 22.0 Å². The highest BCUT2D eigenvalue weighted by atomic mass is 79.9. The van der Waals surface area contributed by atoms with Crippen LogP contribution in [0.2, 0.25) is 0 Å². The minimum absolute atomic E-state index is 0.112. The zero-order valence-corrected chi connectivity index (χ0v) is 12.1. The van der Waals surface area contributed by atoms with Crippen molar-refractivity contribution >= 4 is 31.6 Å². The van der Waals surface area contributed by atoms with Gasteiger partial charge in [0.2, 0.25) is 5.43 Å². The number of benzene rings is 1. The third-order valence-electron chi connectivity index (χ3n) is 2.33. The molecule has 0 aliphatic heterocycles. The van der Waals surface area contributed by atoms with Crippen LogP contribution in [0.5, 0.6) is 0 Å². The van der Waals surface area contributed by atoms with Gasteiger partial charge in [0.25, 0.3) is 10.0 Å². The molecule has 1 aromatic carbocycles. The van der Waals surface area contributed by atoms with Gasteiger partial charge in [0.15, 0.2) is 4.90 Å². The number of anilines is 1. The number of aromatic amines is 1. The number of rotatable bonds is 3. The maximum atomic E-state index is 13.5. The molecule has 0 amide bonds. The van der Waals surface area contributed by atoms with Crippen LogP contribution >= 0.6 is 15.9 Å². The van der Waals surface area contributed by atoms with E-state index in [1.54, 1.807) is 0 Å². The molecule has 1 heterocycles. The average molecular weight is 365 g/mol. The van der Waals surface area contributed by atoms with Gasteiger partial charge in [-0.25, -0.2) is 17.2 Å². The minimum Gasteiger partial charge on any atom is -0.366 e. The molecule has 2 rings (SSSR count). The summed E-state index contributed by atoms with van der Waals surface area (Å²) in [6, 6.07) is 2.47. The summed E-state index contributed by atoms with van der Waals surface area (Å²) < 4.78 is 52.3. The van der Waals surface area contributed by atoms with Crippen molar-refractivity contribution in [3.63, 3.8) is 0 Å². The fraction of sp³-hybridized carbons (Fsp3) is 0. The summed E-state index contributed by atoms with van der Waals surface area (Å²) in [6.07, 6.45) is 2.23. The molecule has 0 saturated heterocycles. The Bertz CT molecular complexity index is 821. The lowest BCUT2D eigenvalue weighted by Crippen LogP contribution is -2.21. The molecule has 5 nitrogen and oxygen atoms in total. The van der Waals surface area contributed by atoms with E-state index >= 15 is 0 Å². The molecule has 20 heavy (non-hydrogen) atoms. The van der Waals surface area contributed by atoms with Crippen molar-refractivity contribution < 1.29 is 17.2 Å². The number of aromatic nitrogens is 1. The summed E-state index contributed by atoms with van der Waals surface area (Å²) in [5.74, 6) is -1.97. The standard InChI is InChI=1S/C11H7BrF2N2O3S/c12-6-3-9(8(14)4-7(6)13)16-20(18,19)11-5-15-2-1-10(11)17/h1-5,16H,(H,15,17). The molecule has 0 bridgehead atoms. The Morgan fingerprint density at radius 1 is 1.20 bits per heavy atom. The SMILES string of the molecule is O=c1cc[nH]cc1S(=O)(=O)Nc1cc(Br)c(F)cc1F. The Hall–Kier alpha value is -1.74. The van der Waals surface area contributed by atoms with E-state index in [1.165, 1.54) is 6.20 Å². The first-order valence-corrected chi connectivity index (χ1v) is 7.43. The molecular weight excluding hydrogens is 358 g/mol. The molecule has 0 atom stereocenters. The Morgan fingerprint density at radius 3 is 2.55 bits per heavy atom. The van der Waals surface area contributed by atoms with Gasteiger partial charge in [0, 0.05) is 24.5 Å². The lowest BCUT2D eigenvalue weighted by molar-refractivity contribution is 0.579. The fourth-order valence-corrected chi connectivity index (χ4v) is 2.87. The number of hydrogen-bond donors (Lipinski definition) is 2. The minimum atomic E-state index is -4.27. The van der Waals surface area contributed by atoms with Crippen LogP contribution < -0.4 is 10.2 Å². The molecule has 2 aromatic rings. The Balaban J connectivity index is 2.47. The molecule has 106 valence electrons. The van der Waals surface area contributed by atoms with Gasteiger partial charge < -0.3 is 4.98 Å². The van der Waals surface area contributed by atoms with Gasteiger partial charge in [-0.2, -0.15) is 0 Å². The lowest BCUT2D eigenvalue weighted by Gasteiger charge is -2.09. The second-order valence-electron chi connectivity index (χ2n) is 3.72. The summed E-state index contributed by atoms with van der Waals surface area (Å²) in [4.78, 5) is 13.3. The van der Waals surface area contributed by atoms with Crippen molar-refractivity contribution in [3.8, 4) is 0 Å². The second kappa shape index (κ2) is 5.33. The van der Waals surface area contributed by atoms with E-state index < -0.39 is 37.7 Å². The van der Waals surface area contributed by atoms with Crippen LogP contribution in [0.4, 0.5) is 14.5 Å². The van der Waals surface area contributed by atoms with Crippen LogP contribution in [0, 0.1) is 11.6 Å². The Labute approximate surface area is 120 Å². The number of pyridine rings is 1. The summed E-state index contributed by atoms with van der Waals surface area (Å²) >= 11 is 2.81. The second-order valence-corrected chi connectivity index (χ2v) is 6.23. The highest BCUT2D eigenvalue weighted by molar-refractivity contribution is 9.10. The highest BCUT2D eigenvalue weighted by Crippen LogP contribution is 2.25. The maximum Gasteiger partial charge on any atom is 0.267 e. The summed E-state index contributed by atoms with van der Waals surface area (Å²) in [5, 5.41) is 0. The zero-order valence-electron chi connectivity index (χ0n) is 9.65. The lowest BCUT2D eigenvalue weighted by atomic mass is 10.3. The summed E-state index contributed by atoms with van der Waals surface area (Å²) in [5.41, 5.74) is -1.22. The van der Waals surface area contributed by atoms with Crippen molar-refractivity contribution in [2.24, 2.45) is 0 Å². The number of nitrogens with one attached hydrogen (secondary N) is 2. The molecule has 0 aliphatic rings. The first-order valence-electron chi connectivity index (χ1n) is 5.16. The normalized spacial score (nSPS) is 11.3. The summed E-state index contributed by atoms with van der Waals surface area (Å²) in [6.45, 7) is 0. The van der Waals surface area contributed by atoms with Crippen molar-refractivity contribution in [1.29, 1.82) is 0 Å². The predicted octanol–water partition coefficient (Wildman–Crippen LogP) is 2.22. The molecule has 0 spiro atoms. The van der Waals surface area contributed by atoms with Crippen molar-refractivity contribution in [2.45, 2.75) is 4.90 Å². The monoisotopic (exact) mass is 364 g/mol. The average Bonchev–Trinajstić information content (AvgIpc) is 2.36. The van der Waals surface area contributed by atoms with E-state index in [1.807, 2.05) is 4.72 Å². The van der Waals surface area contributed by atoms with Crippen molar-refractivity contribution in [2.75, 3.05) is 4.72 Å². The van der Waals surface area contributed by atoms with Gasteiger partial charge >= 0.3 is 0 Å². The van der Waals surface area contributed by atoms with Gasteiger partial charge in [-0.15, -0.1) is 0 Å². The molecule has 0 radical (unpaired) electrons. The van der Waals surface area contributed by atoms with E-state index in [0.29, 0.717) is 6.07 Å². The van der Waals surface area contributed by atoms with Gasteiger partial charge in [-0.3, -0.25) is 9.52 Å². The number of hydrogen-bond acceptors (Lipinski definition) is 3. The molecule has 9 heteroatoms. The Kier molecular flexibility index (Phi) is 3.91. The van der Waals surface area contributed by atoms with E-state index in [2.05, 4.69) is 20.9 Å². The quantitative estimate of drug-likeness (QED) is 0.819. The van der Waals surface area contributed by atoms with Crippen molar-refractivity contribution in [3.05, 3.63) is 56.9 Å². The third-order valence-corrected chi connectivity index (χ3v) is 4.33. The maximum absolute atomic E-state index is 13.5. The van der Waals surface area contributed by atoms with E-state index in [-0.39, 0.29) is 4.47 Å². The molecule has 2 N–H and O–H groups in total. The molecule has 1 aromatic heterocycles. The van der Waals surface area contributed by atoms with Crippen LogP contribution in [0.25, 0.3) is 0 Å². The first kappa shape index (κ1) is 14.7. The molecular formula is C11H7BrF2N2O3S. The number of H-pyrrole nitrogens is 1. The number of sulfonamides is 1. The van der Waals surface area contributed by atoms with Gasteiger partial charge in [0.1, 0.15) is 11.6 Å². The van der Waals surface area contributed by atoms with E-state index in [4.69, 9.17) is 0 Å². The van der Waals surface area contributed by atoms with Gasteiger partial charge in [0.05, 0.1) is 10.2 Å². The summed E-state index contributed by atoms with van der Waals surface area (Å²) in [7, 11) is -4.27. The van der Waals surface area contributed by atoms with E-state index in [0.717, 1.165) is 18.3 Å². The van der Waals surface area contributed by atoms with Crippen LogP contribution in [-0.4, -0.2) is 13.4 Å². The van der Waals surface area contributed by atoms with Crippen molar-refractivity contribution in [1.82, 2.24) is 4.98 Å². The first-order chi connectivity index (χ1) is 9.31. The van der Waals surface area contributed by atoms with E-state index in [9.17, 15) is 22.0 Å². The number of halogens is 3. The predicted molar refractivity (Wildman–Crippen MR) is 71.9 cm³/mol. The van der Waals surface area contributed by atoms with Crippen LogP contribution in [-0.2, 0) is 10.0 Å². The molecule has 0 saturated carbocycles. The largest absolute Gasteiger partial charge is 0.366 e.